The molecule has 1 atom stereocenters. The van der Waals surface area contributed by atoms with Crippen molar-refractivity contribution in [1.29, 1.82) is 0 Å². The van der Waals surface area contributed by atoms with Gasteiger partial charge in [-0.15, -0.1) is 0 Å². The minimum absolute atomic E-state index is 0.376. The molecule has 1 aromatic rings. The number of aromatic nitrogens is 1. The molecule has 0 aromatic carbocycles. The van der Waals surface area contributed by atoms with Gasteiger partial charge < -0.3 is 20.3 Å². The highest BCUT2D eigenvalue weighted by Crippen LogP contribution is 2.14. The lowest BCUT2D eigenvalue weighted by atomic mass is 10.2. The first-order valence-corrected chi connectivity index (χ1v) is 9.90. The minimum atomic E-state index is 0.376. The molecule has 1 unspecified atom stereocenters. The van der Waals surface area contributed by atoms with E-state index >= 15 is 0 Å². The van der Waals surface area contributed by atoms with E-state index in [1.54, 1.807) is 13.2 Å². The lowest BCUT2D eigenvalue weighted by molar-refractivity contribution is 0.292. The monoisotopic (exact) mass is 363 g/mol. The van der Waals surface area contributed by atoms with Crippen LogP contribution in [-0.2, 0) is 6.54 Å². The lowest BCUT2D eigenvalue weighted by Gasteiger charge is -2.21. The van der Waals surface area contributed by atoms with Crippen LogP contribution in [0.15, 0.2) is 23.3 Å². The van der Waals surface area contributed by atoms with E-state index in [9.17, 15) is 0 Å². The van der Waals surface area contributed by atoms with E-state index in [-0.39, 0.29) is 0 Å². The van der Waals surface area contributed by atoms with Gasteiger partial charge in [0.25, 0.3) is 0 Å². The van der Waals surface area contributed by atoms with E-state index in [0.29, 0.717) is 25.1 Å². The first kappa shape index (κ1) is 22.2. The third-order valence-electron chi connectivity index (χ3n) is 4.35. The third kappa shape index (κ3) is 8.52. The van der Waals surface area contributed by atoms with Crippen molar-refractivity contribution in [1.82, 2.24) is 20.5 Å². The molecule has 0 aliphatic carbocycles. The zero-order valence-corrected chi connectivity index (χ0v) is 17.2. The number of nitrogens with zero attached hydrogens (tertiary/aromatic N) is 3. The number of rotatable bonds is 12. The molecule has 1 rings (SSSR count). The Bertz CT molecular complexity index is 517. The Balaban J connectivity index is 2.43. The van der Waals surface area contributed by atoms with Crippen molar-refractivity contribution in [2.75, 3.05) is 33.3 Å². The fraction of sp³-hybridized carbons (Fsp3) is 0.700. The van der Waals surface area contributed by atoms with Crippen LogP contribution in [0.1, 0.15) is 52.5 Å². The summed E-state index contributed by atoms with van der Waals surface area (Å²) in [6.07, 6.45) is 5.04. The maximum Gasteiger partial charge on any atom is 0.218 e. The molecule has 0 spiro atoms. The van der Waals surface area contributed by atoms with Gasteiger partial charge in [0, 0.05) is 31.4 Å². The molecular weight excluding hydrogens is 326 g/mol. The Kier molecular flexibility index (Phi) is 11.4. The van der Waals surface area contributed by atoms with E-state index in [1.807, 2.05) is 12.1 Å². The molecule has 0 aliphatic rings. The van der Waals surface area contributed by atoms with Gasteiger partial charge in [0.05, 0.1) is 6.61 Å². The lowest BCUT2D eigenvalue weighted by Crippen LogP contribution is -2.42. The molecule has 26 heavy (non-hydrogen) atoms. The van der Waals surface area contributed by atoms with Crippen LogP contribution in [0.3, 0.4) is 0 Å². The fourth-order valence-corrected chi connectivity index (χ4v) is 2.73. The van der Waals surface area contributed by atoms with Gasteiger partial charge in [-0.25, -0.2) is 4.98 Å². The largest absolute Gasteiger partial charge is 0.477 e. The number of guanidine groups is 1. The highest BCUT2D eigenvalue weighted by molar-refractivity contribution is 5.79. The van der Waals surface area contributed by atoms with Crippen molar-refractivity contribution in [2.24, 2.45) is 4.99 Å². The van der Waals surface area contributed by atoms with E-state index in [2.05, 4.69) is 53.2 Å². The van der Waals surface area contributed by atoms with Gasteiger partial charge >= 0.3 is 0 Å². The Hall–Kier alpha value is -1.82. The summed E-state index contributed by atoms with van der Waals surface area (Å²) in [7, 11) is 1.80. The van der Waals surface area contributed by atoms with Gasteiger partial charge in [-0.05, 0) is 51.9 Å². The Morgan fingerprint density at radius 1 is 1.31 bits per heavy atom. The predicted octanol–water partition coefficient (Wildman–Crippen LogP) is 3.05. The fourth-order valence-electron chi connectivity index (χ4n) is 2.73. The van der Waals surface area contributed by atoms with E-state index in [1.165, 1.54) is 6.42 Å². The molecule has 0 saturated heterocycles. The summed E-state index contributed by atoms with van der Waals surface area (Å²) < 4.78 is 5.71. The van der Waals surface area contributed by atoms with Gasteiger partial charge in [-0.2, -0.15) is 0 Å². The highest BCUT2D eigenvalue weighted by atomic mass is 16.5. The summed E-state index contributed by atoms with van der Waals surface area (Å²) in [6, 6.07) is 4.34. The number of ether oxygens (including phenoxy) is 1. The number of hydrogen-bond acceptors (Lipinski definition) is 4. The van der Waals surface area contributed by atoms with E-state index in [4.69, 9.17) is 4.74 Å². The van der Waals surface area contributed by atoms with Gasteiger partial charge in [-0.3, -0.25) is 4.99 Å². The summed E-state index contributed by atoms with van der Waals surface area (Å²) in [6.45, 7) is 13.4. The van der Waals surface area contributed by atoms with E-state index in [0.717, 1.165) is 44.0 Å². The van der Waals surface area contributed by atoms with Gasteiger partial charge in [0.1, 0.15) is 0 Å². The summed E-state index contributed by atoms with van der Waals surface area (Å²) >= 11 is 0. The second-order valence-electron chi connectivity index (χ2n) is 6.46. The zero-order valence-electron chi connectivity index (χ0n) is 17.2. The first-order valence-electron chi connectivity index (χ1n) is 9.90. The molecule has 0 saturated carbocycles. The summed E-state index contributed by atoms with van der Waals surface area (Å²) in [5.41, 5.74) is 1.04. The number of aliphatic imine (C=N–C) groups is 1. The van der Waals surface area contributed by atoms with Crippen molar-refractivity contribution < 1.29 is 4.74 Å². The van der Waals surface area contributed by atoms with Crippen LogP contribution >= 0.6 is 0 Å². The predicted molar refractivity (Wildman–Crippen MR) is 110 cm³/mol. The molecule has 0 amide bonds. The van der Waals surface area contributed by atoms with Crippen LogP contribution in [0.25, 0.3) is 0 Å². The Morgan fingerprint density at radius 3 is 2.73 bits per heavy atom. The molecule has 6 nitrogen and oxygen atoms in total. The first-order chi connectivity index (χ1) is 12.6. The molecule has 6 heteroatoms. The summed E-state index contributed by atoms with van der Waals surface area (Å²) in [5.74, 6) is 1.51. The average molecular weight is 364 g/mol. The van der Waals surface area contributed by atoms with Crippen molar-refractivity contribution in [2.45, 2.75) is 59.5 Å². The number of hydrogen-bond donors (Lipinski definition) is 2. The van der Waals surface area contributed by atoms with Gasteiger partial charge in [-0.1, -0.05) is 26.8 Å². The number of pyridine rings is 1. The second kappa shape index (κ2) is 13.4. The van der Waals surface area contributed by atoms with Gasteiger partial charge in [0.15, 0.2) is 5.96 Å². The standard InChI is InChI=1S/C20H37N5O/c1-6-15-26-19-18(12-9-13-22-19)16-23-20(21-5)24-17(4)11-10-14-25(7-2)8-3/h9,12-13,17H,6-8,10-11,14-16H2,1-5H3,(H2,21,23,24). The zero-order chi connectivity index (χ0) is 19.2. The molecule has 0 radical (unpaired) electrons. The molecule has 2 N–H and O–H groups in total. The molecule has 0 fully saturated rings. The maximum absolute atomic E-state index is 5.71. The van der Waals surface area contributed by atoms with Crippen molar-refractivity contribution in [3.63, 3.8) is 0 Å². The molecule has 0 aliphatic heterocycles. The van der Waals surface area contributed by atoms with Crippen LogP contribution in [0.4, 0.5) is 0 Å². The van der Waals surface area contributed by atoms with Crippen LogP contribution in [0, 0.1) is 0 Å². The molecule has 148 valence electrons. The van der Waals surface area contributed by atoms with E-state index < -0.39 is 0 Å². The van der Waals surface area contributed by atoms with Gasteiger partial charge in [0.2, 0.25) is 5.88 Å². The quantitative estimate of drug-likeness (QED) is 0.441. The maximum atomic E-state index is 5.71. The third-order valence-corrected chi connectivity index (χ3v) is 4.35. The topological polar surface area (TPSA) is 61.8 Å². The van der Waals surface area contributed by atoms with Crippen molar-refractivity contribution >= 4 is 5.96 Å². The second-order valence-corrected chi connectivity index (χ2v) is 6.46. The van der Waals surface area contributed by atoms with Crippen molar-refractivity contribution in [3.05, 3.63) is 23.9 Å². The summed E-state index contributed by atoms with van der Waals surface area (Å²) in [5, 5.41) is 6.83. The van der Waals surface area contributed by atoms with Crippen LogP contribution in [-0.4, -0.2) is 55.2 Å². The summed E-state index contributed by atoms with van der Waals surface area (Å²) in [4.78, 5) is 11.1. The molecule has 1 aromatic heterocycles. The molecule has 1 heterocycles. The SMILES string of the molecule is CCCOc1ncccc1CNC(=NC)NC(C)CCCN(CC)CC. The van der Waals surface area contributed by atoms with Crippen molar-refractivity contribution in [3.8, 4) is 5.88 Å². The molecular formula is C20H37N5O. The minimum Gasteiger partial charge on any atom is -0.477 e. The van der Waals surface area contributed by atoms with Crippen LogP contribution in [0.2, 0.25) is 0 Å². The smallest absolute Gasteiger partial charge is 0.218 e. The average Bonchev–Trinajstić information content (AvgIpc) is 2.67. The van der Waals surface area contributed by atoms with Crippen LogP contribution < -0.4 is 15.4 Å². The van der Waals surface area contributed by atoms with Crippen LogP contribution in [0.5, 0.6) is 5.88 Å². The Morgan fingerprint density at radius 2 is 2.08 bits per heavy atom. The normalized spacial score (nSPS) is 12.9. The highest BCUT2D eigenvalue weighted by Gasteiger charge is 2.09. The Labute approximate surface area is 159 Å². The molecule has 0 bridgehead atoms. The number of nitrogens with one attached hydrogen (secondary N) is 2.